The summed E-state index contributed by atoms with van der Waals surface area (Å²) in [6, 6.07) is 6.44. The lowest BCUT2D eigenvalue weighted by molar-refractivity contribution is -0.131. The Morgan fingerprint density at radius 3 is 2.91 bits per heavy atom. The average Bonchev–Trinajstić information content (AvgIpc) is 2.78. The maximum absolute atomic E-state index is 12.8. The molecule has 1 heterocycles. The molecule has 0 aromatic heterocycles. The number of ether oxygens (including phenoxy) is 1. The van der Waals surface area contributed by atoms with Crippen molar-refractivity contribution in [3.05, 3.63) is 35.6 Å². The number of rotatable bonds is 6. The lowest BCUT2D eigenvalue weighted by atomic mass is 10.1. The third-order valence-electron chi connectivity index (χ3n) is 3.59. The topological polar surface area (TPSA) is 49.8 Å². The highest BCUT2D eigenvalue weighted by molar-refractivity contribution is 7.98. The van der Waals surface area contributed by atoms with Gasteiger partial charge in [0.25, 0.3) is 0 Å². The fourth-order valence-corrected chi connectivity index (χ4v) is 3.20. The molecular weight excluding hydrogens is 305 g/mol. The van der Waals surface area contributed by atoms with Crippen molar-refractivity contribution in [1.82, 2.24) is 4.90 Å². The monoisotopic (exact) mass is 327 g/mol. The van der Waals surface area contributed by atoms with Crippen molar-refractivity contribution < 1.29 is 19.0 Å². The Balaban J connectivity index is 1.69. The van der Waals surface area contributed by atoms with Gasteiger partial charge < -0.3 is 14.7 Å². The van der Waals surface area contributed by atoms with Gasteiger partial charge in [-0.15, -0.1) is 0 Å². The van der Waals surface area contributed by atoms with E-state index in [1.54, 1.807) is 28.8 Å². The van der Waals surface area contributed by atoms with Crippen LogP contribution < -0.4 is 0 Å². The van der Waals surface area contributed by atoms with Crippen LogP contribution >= 0.6 is 11.8 Å². The van der Waals surface area contributed by atoms with E-state index in [-0.39, 0.29) is 24.2 Å². The van der Waals surface area contributed by atoms with Crippen LogP contribution in [0.5, 0.6) is 0 Å². The van der Waals surface area contributed by atoms with Crippen LogP contribution in [0.1, 0.15) is 12.0 Å². The average molecular weight is 327 g/mol. The number of carbonyl (C=O) groups is 1. The Labute approximate surface area is 134 Å². The first kappa shape index (κ1) is 17.2. The van der Waals surface area contributed by atoms with Crippen molar-refractivity contribution in [3.8, 4) is 0 Å². The van der Waals surface area contributed by atoms with Gasteiger partial charge in [0.2, 0.25) is 5.91 Å². The summed E-state index contributed by atoms with van der Waals surface area (Å²) in [6.07, 6.45) is 0.476. The number of benzene rings is 1. The van der Waals surface area contributed by atoms with E-state index >= 15 is 0 Å². The van der Waals surface area contributed by atoms with E-state index in [0.29, 0.717) is 32.7 Å². The molecule has 1 N–H and O–H groups in total. The number of aliphatic hydroxyl groups excluding tert-OH is 1. The van der Waals surface area contributed by atoms with Gasteiger partial charge in [-0.1, -0.05) is 12.1 Å². The number of amides is 1. The minimum absolute atomic E-state index is 0.0123. The second-order valence-corrected chi connectivity index (χ2v) is 6.50. The maximum atomic E-state index is 12.8. The van der Waals surface area contributed by atoms with Crippen molar-refractivity contribution in [2.75, 3.05) is 38.7 Å². The van der Waals surface area contributed by atoms with E-state index in [2.05, 4.69) is 0 Å². The molecule has 0 aliphatic carbocycles. The van der Waals surface area contributed by atoms with Crippen molar-refractivity contribution >= 4 is 17.7 Å². The second kappa shape index (κ2) is 9.12. The number of halogens is 1. The van der Waals surface area contributed by atoms with Gasteiger partial charge in [0.15, 0.2) is 0 Å². The molecule has 0 saturated carbocycles. The molecule has 1 amide bonds. The molecule has 0 radical (unpaired) electrons. The Morgan fingerprint density at radius 2 is 2.18 bits per heavy atom. The molecule has 122 valence electrons. The van der Waals surface area contributed by atoms with Crippen molar-refractivity contribution in [2.45, 2.75) is 12.2 Å². The van der Waals surface area contributed by atoms with Crippen LogP contribution in [0.4, 0.5) is 4.39 Å². The second-order valence-electron chi connectivity index (χ2n) is 5.39. The molecule has 1 aliphatic heterocycles. The van der Waals surface area contributed by atoms with Gasteiger partial charge in [0, 0.05) is 43.5 Å². The highest BCUT2D eigenvalue weighted by Gasteiger charge is 2.21. The molecule has 1 aliphatic rings. The van der Waals surface area contributed by atoms with E-state index in [4.69, 9.17) is 4.74 Å². The van der Waals surface area contributed by atoms with E-state index < -0.39 is 0 Å². The predicted octanol–water partition coefficient (Wildman–Crippen LogP) is 1.92. The summed E-state index contributed by atoms with van der Waals surface area (Å²) in [7, 11) is 0. The quantitative estimate of drug-likeness (QED) is 0.811. The number of aliphatic hydroxyl groups is 1. The Hall–Kier alpha value is -1.11. The van der Waals surface area contributed by atoms with Crippen LogP contribution in [0.15, 0.2) is 24.3 Å². The van der Waals surface area contributed by atoms with Crippen molar-refractivity contribution in [1.29, 1.82) is 0 Å². The zero-order valence-corrected chi connectivity index (χ0v) is 13.4. The number of thioether (sulfide) groups is 1. The molecule has 1 fully saturated rings. The first-order valence-electron chi connectivity index (χ1n) is 7.47. The molecule has 2 rings (SSSR count). The van der Waals surface area contributed by atoms with Gasteiger partial charge >= 0.3 is 0 Å². The van der Waals surface area contributed by atoms with Crippen LogP contribution in [0.2, 0.25) is 0 Å². The lowest BCUT2D eigenvalue weighted by Crippen LogP contribution is -2.36. The number of nitrogens with zero attached hydrogens (tertiary/aromatic N) is 1. The highest BCUT2D eigenvalue weighted by atomic mass is 32.2. The minimum Gasteiger partial charge on any atom is -0.396 e. The summed E-state index contributed by atoms with van der Waals surface area (Å²) < 4.78 is 18.2. The summed E-state index contributed by atoms with van der Waals surface area (Å²) >= 11 is 1.67. The third kappa shape index (κ3) is 5.59. The zero-order valence-electron chi connectivity index (χ0n) is 12.5. The fraction of sp³-hybridized carbons (Fsp3) is 0.562. The maximum Gasteiger partial charge on any atom is 0.223 e. The standard InChI is InChI=1S/C16H22FNO3S/c17-15-3-1-13(2-4-15)12-22-8-5-16(20)18-6-7-21-11-14(9-18)10-19/h1-4,14,19H,5-12H2. The molecule has 0 bridgehead atoms. The van der Waals surface area contributed by atoms with Crippen LogP contribution in [0.3, 0.4) is 0 Å². The summed E-state index contributed by atoms with van der Waals surface area (Å²) in [5, 5.41) is 9.23. The Bertz CT molecular complexity index is 469. The van der Waals surface area contributed by atoms with Gasteiger partial charge in [-0.2, -0.15) is 11.8 Å². The lowest BCUT2D eigenvalue weighted by Gasteiger charge is -2.22. The zero-order chi connectivity index (χ0) is 15.8. The molecule has 1 unspecified atom stereocenters. The number of hydrogen-bond acceptors (Lipinski definition) is 4. The van der Waals surface area contributed by atoms with Gasteiger partial charge in [0.05, 0.1) is 13.2 Å². The smallest absolute Gasteiger partial charge is 0.223 e. The first-order valence-corrected chi connectivity index (χ1v) is 8.63. The first-order chi connectivity index (χ1) is 10.7. The van der Waals surface area contributed by atoms with Crippen molar-refractivity contribution in [2.24, 2.45) is 5.92 Å². The van der Waals surface area contributed by atoms with Crippen LogP contribution in [-0.4, -0.2) is 54.6 Å². The van der Waals surface area contributed by atoms with Gasteiger partial charge in [-0.05, 0) is 17.7 Å². The molecule has 1 saturated heterocycles. The molecule has 0 spiro atoms. The number of carbonyl (C=O) groups excluding carboxylic acids is 1. The Kier molecular flexibility index (Phi) is 7.15. The summed E-state index contributed by atoms with van der Waals surface area (Å²) in [5.41, 5.74) is 1.06. The van der Waals surface area contributed by atoms with E-state index in [9.17, 15) is 14.3 Å². The normalized spacial score (nSPS) is 19.0. The van der Waals surface area contributed by atoms with Gasteiger partial charge in [-0.25, -0.2) is 4.39 Å². The highest BCUT2D eigenvalue weighted by Crippen LogP contribution is 2.15. The van der Waals surface area contributed by atoms with Crippen molar-refractivity contribution in [3.63, 3.8) is 0 Å². The van der Waals surface area contributed by atoms with Crippen LogP contribution in [0.25, 0.3) is 0 Å². The molecular formula is C16H22FNO3S. The fourth-order valence-electron chi connectivity index (χ4n) is 2.31. The molecule has 6 heteroatoms. The SMILES string of the molecule is O=C(CCSCc1ccc(F)cc1)N1CCOCC(CO)C1. The minimum atomic E-state index is -0.231. The predicted molar refractivity (Wildman–Crippen MR) is 85.2 cm³/mol. The molecule has 1 aromatic rings. The summed E-state index contributed by atoms with van der Waals surface area (Å²) in [5.74, 6) is 1.40. The van der Waals surface area contributed by atoms with Gasteiger partial charge in [-0.3, -0.25) is 4.79 Å². The van der Waals surface area contributed by atoms with E-state index in [1.807, 2.05) is 0 Å². The molecule has 1 atom stereocenters. The van der Waals surface area contributed by atoms with E-state index in [0.717, 1.165) is 17.1 Å². The van der Waals surface area contributed by atoms with Crippen LogP contribution in [0, 0.1) is 11.7 Å². The number of hydrogen-bond donors (Lipinski definition) is 1. The van der Waals surface area contributed by atoms with Crippen LogP contribution in [-0.2, 0) is 15.3 Å². The third-order valence-corrected chi connectivity index (χ3v) is 4.62. The molecule has 4 nitrogen and oxygen atoms in total. The molecule has 1 aromatic carbocycles. The molecule has 22 heavy (non-hydrogen) atoms. The summed E-state index contributed by atoms with van der Waals surface area (Å²) in [6.45, 7) is 2.25. The van der Waals surface area contributed by atoms with Gasteiger partial charge in [0.1, 0.15) is 5.82 Å². The Morgan fingerprint density at radius 1 is 1.41 bits per heavy atom. The van der Waals surface area contributed by atoms with E-state index in [1.165, 1.54) is 12.1 Å². The summed E-state index contributed by atoms with van der Waals surface area (Å²) in [4.78, 5) is 14.0. The largest absolute Gasteiger partial charge is 0.396 e.